The number of rotatable bonds is 2. The highest BCUT2D eigenvalue weighted by atomic mass is 14.4. The predicted octanol–water partition coefficient (Wildman–Crippen LogP) is 4.49. The Balaban J connectivity index is 2.58. The Morgan fingerprint density at radius 2 is 1.46 bits per heavy atom. The molecule has 0 saturated heterocycles. The van der Waals surface area contributed by atoms with Gasteiger partial charge in [-0.25, -0.2) is 0 Å². The van der Waals surface area contributed by atoms with Gasteiger partial charge in [-0.15, -0.1) is 0 Å². The Morgan fingerprint density at radius 3 is 1.69 bits per heavy atom. The Kier molecular flexibility index (Phi) is 2.81. The fourth-order valence-electron chi connectivity index (χ4n) is 2.34. The van der Waals surface area contributed by atoms with Crippen LogP contribution in [0.3, 0.4) is 0 Å². The van der Waals surface area contributed by atoms with Crippen molar-refractivity contribution in [1.82, 2.24) is 0 Å². The van der Waals surface area contributed by atoms with E-state index in [-0.39, 0.29) is 0 Å². The van der Waals surface area contributed by atoms with E-state index >= 15 is 0 Å². The van der Waals surface area contributed by atoms with E-state index in [1.807, 2.05) is 0 Å². The van der Waals surface area contributed by atoms with Crippen LogP contribution in [0.5, 0.6) is 0 Å². The van der Waals surface area contributed by atoms with E-state index in [0.717, 1.165) is 11.8 Å². The van der Waals surface area contributed by atoms with Crippen molar-refractivity contribution in [3.05, 3.63) is 0 Å². The topological polar surface area (TPSA) is 0 Å². The van der Waals surface area contributed by atoms with Crippen molar-refractivity contribution in [3.63, 3.8) is 0 Å². The minimum absolute atomic E-state index is 0.501. The zero-order valence-corrected chi connectivity index (χ0v) is 10.3. The van der Waals surface area contributed by atoms with Crippen LogP contribution >= 0.6 is 0 Å². The predicted molar refractivity (Wildman–Crippen MR) is 59.7 cm³/mol. The standard InChI is InChI=1S/C13H26/c1-12(2,3)9-11(10-7-8-10)13(4,5)6/h10-11H,7-9H2,1-6H3. The van der Waals surface area contributed by atoms with Gasteiger partial charge in [-0.3, -0.25) is 0 Å². The summed E-state index contributed by atoms with van der Waals surface area (Å²) in [5.41, 5.74) is 1.01. The molecule has 0 radical (unpaired) electrons. The molecule has 0 heteroatoms. The van der Waals surface area contributed by atoms with E-state index < -0.39 is 0 Å². The number of hydrogen-bond acceptors (Lipinski definition) is 0. The molecule has 0 aromatic carbocycles. The molecule has 1 atom stereocenters. The lowest BCUT2D eigenvalue weighted by atomic mass is 9.70. The number of hydrogen-bond donors (Lipinski definition) is 0. The molecule has 0 nitrogen and oxygen atoms in total. The lowest BCUT2D eigenvalue weighted by Gasteiger charge is -2.36. The normalized spacial score (nSPS) is 21.7. The van der Waals surface area contributed by atoms with Gasteiger partial charge in [0.05, 0.1) is 0 Å². The third-order valence-corrected chi connectivity index (χ3v) is 3.14. The molecular formula is C13H26. The lowest BCUT2D eigenvalue weighted by Crippen LogP contribution is -2.27. The van der Waals surface area contributed by atoms with Gasteiger partial charge in [0.25, 0.3) is 0 Å². The van der Waals surface area contributed by atoms with Gasteiger partial charge in [0.2, 0.25) is 0 Å². The second-order valence-electron chi connectivity index (χ2n) is 7.07. The first kappa shape index (κ1) is 11.1. The van der Waals surface area contributed by atoms with Crippen LogP contribution in [0.2, 0.25) is 0 Å². The summed E-state index contributed by atoms with van der Waals surface area (Å²) in [6, 6.07) is 0. The van der Waals surface area contributed by atoms with Crippen molar-refractivity contribution < 1.29 is 0 Å². The molecule has 78 valence electrons. The molecule has 0 aromatic rings. The van der Waals surface area contributed by atoms with Crippen LogP contribution in [0, 0.1) is 22.7 Å². The molecule has 0 spiro atoms. The zero-order chi connectivity index (χ0) is 10.3. The van der Waals surface area contributed by atoms with Gasteiger partial charge >= 0.3 is 0 Å². The first-order valence-electron chi connectivity index (χ1n) is 5.70. The van der Waals surface area contributed by atoms with Gasteiger partial charge in [0.1, 0.15) is 0 Å². The second-order valence-corrected chi connectivity index (χ2v) is 7.07. The summed E-state index contributed by atoms with van der Waals surface area (Å²) < 4.78 is 0. The molecule has 1 rings (SSSR count). The van der Waals surface area contributed by atoms with Crippen LogP contribution in [0.15, 0.2) is 0 Å². The quantitative estimate of drug-likeness (QED) is 0.590. The molecule has 0 amide bonds. The van der Waals surface area contributed by atoms with Crippen molar-refractivity contribution in [3.8, 4) is 0 Å². The Bertz CT molecular complexity index is 161. The monoisotopic (exact) mass is 182 g/mol. The fraction of sp³-hybridized carbons (Fsp3) is 1.00. The minimum Gasteiger partial charge on any atom is -0.0602 e. The molecular weight excluding hydrogens is 156 g/mol. The van der Waals surface area contributed by atoms with Crippen molar-refractivity contribution in [1.29, 1.82) is 0 Å². The van der Waals surface area contributed by atoms with Crippen molar-refractivity contribution in [2.75, 3.05) is 0 Å². The molecule has 0 heterocycles. The zero-order valence-electron chi connectivity index (χ0n) is 10.3. The van der Waals surface area contributed by atoms with Gasteiger partial charge in [0.15, 0.2) is 0 Å². The molecule has 0 aromatic heterocycles. The molecule has 1 aliphatic rings. The second kappa shape index (κ2) is 3.29. The molecule has 1 unspecified atom stereocenters. The van der Waals surface area contributed by atoms with Crippen molar-refractivity contribution >= 4 is 0 Å². The summed E-state index contributed by atoms with van der Waals surface area (Å²) in [5.74, 6) is 1.98. The highest BCUT2D eigenvalue weighted by Crippen LogP contribution is 2.49. The average molecular weight is 182 g/mol. The maximum Gasteiger partial charge on any atom is -0.0332 e. The molecule has 0 bridgehead atoms. The fourth-order valence-corrected chi connectivity index (χ4v) is 2.34. The van der Waals surface area contributed by atoms with E-state index in [1.165, 1.54) is 19.3 Å². The SMILES string of the molecule is CC(C)(C)CC(C1CC1)C(C)(C)C. The van der Waals surface area contributed by atoms with E-state index in [9.17, 15) is 0 Å². The summed E-state index contributed by atoms with van der Waals surface area (Å²) in [4.78, 5) is 0. The van der Waals surface area contributed by atoms with Gasteiger partial charge in [-0.05, 0) is 41.9 Å². The van der Waals surface area contributed by atoms with Crippen LogP contribution < -0.4 is 0 Å². The first-order valence-corrected chi connectivity index (χ1v) is 5.70. The van der Waals surface area contributed by atoms with Gasteiger partial charge in [-0.2, -0.15) is 0 Å². The third-order valence-electron chi connectivity index (χ3n) is 3.14. The summed E-state index contributed by atoms with van der Waals surface area (Å²) in [6.45, 7) is 14.3. The summed E-state index contributed by atoms with van der Waals surface area (Å²) in [6.07, 6.45) is 4.36. The molecule has 0 N–H and O–H groups in total. The van der Waals surface area contributed by atoms with Crippen LogP contribution in [0.1, 0.15) is 60.8 Å². The summed E-state index contributed by atoms with van der Waals surface area (Å²) in [5, 5.41) is 0. The summed E-state index contributed by atoms with van der Waals surface area (Å²) >= 11 is 0. The van der Waals surface area contributed by atoms with Crippen molar-refractivity contribution in [2.45, 2.75) is 60.8 Å². The highest BCUT2D eigenvalue weighted by Gasteiger charge is 2.40. The van der Waals surface area contributed by atoms with E-state index in [1.54, 1.807) is 0 Å². The minimum atomic E-state index is 0.501. The van der Waals surface area contributed by atoms with Gasteiger partial charge in [-0.1, -0.05) is 41.5 Å². The van der Waals surface area contributed by atoms with Crippen LogP contribution in [-0.4, -0.2) is 0 Å². The molecule has 1 aliphatic carbocycles. The van der Waals surface area contributed by atoms with E-state index in [0.29, 0.717) is 10.8 Å². The average Bonchev–Trinajstić information content (AvgIpc) is 2.58. The molecule has 0 aliphatic heterocycles. The van der Waals surface area contributed by atoms with Gasteiger partial charge in [0, 0.05) is 0 Å². The third kappa shape index (κ3) is 3.70. The molecule has 13 heavy (non-hydrogen) atoms. The molecule has 1 saturated carbocycles. The largest absolute Gasteiger partial charge is 0.0602 e. The lowest BCUT2D eigenvalue weighted by molar-refractivity contribution is 0.143. The highest BCUT2D eigenvalue weighted by molar-refractivity contribution is 4.90. The smallest absolute Gasteiger partial charge is 0.0332 e. The van der Waals surface area contributed by atoms with Crippen LogP contribution in [-0.2, 0) is 0 Å². The Hall–Kier alpha value is 0. The maximum absolute atomic E-state index is 2.40. The van der Waals surface area contributed by atoms with Crippen LogP contribution in [0.25, 0.3) is 0 Å². The van der Waals surface area contributed by atoms with E-state index in [4.69, 9.17) is 0 Å². The van der Waals surface area contributed by atoms with E-state index in [2.05, 4.69) is 41.5 Å². The summed E-state index contributed by atoms with van der Waals surface area (Å²) in [7, 11) is 0. The van der Waals surface area contributed by atoms with Gasteiger partial charge < -0.3 is 0 Å². The maximum atomic E-state index is 2.40. The van der Waals surface area contributed by atoms with Crippen molar-refractivity contribution in [2.24, 2.45) is 22.7 Å². The first-order chi connectivity index (χ1) is 5.70. The Labute approximate surface area is 84.1 Å². The molecule has 1 fully saturated rings. The Morgan fingerprint density at radius 1 is 1.00 bits per heavy atom. The van der Waals surface area contributed by atoms with Crippen LogP contribution in [0.4, 0.5) is 0 Å².